The lowest BCUT2D eigenvalue weighted by Gasteiger charge is -2.06. The summed E-state index contributed by atoms with van der Waals surface area (Å²) in [5, 5.41) is 13.2. The molecule has 0 radical (unpaired) electrons. The number of anilines is 1. The molecule has 1 saturated heterocycles. The van der Waals surface area contributed by atoms with E-state index in [0.717, 1.165) is 49.3 Å². The van der Waals surface area contributed by atoms with Crippen molar-refractivity contribution in [3.05, 3.63) is 5.01 Å². The summed E-state index contributed by atoms with van der Waals surface area (Å²) in [6.07, 6.45) is 2.20. The molecule has 6 heteroatoms. The van der Waals surface area contributed by atoms with E-state index in [1.807, 2.05) is 0 Å². The molecule has 0 amide bonds. The van der Waals surface area contributed by atoms with Crippen LogP contribution in [0, 0.1) is 5.92 Å². The van der Waals surface area contributed by atoms with Crippen LogP contribution in [-0.2, 0) is 16.1 Å². The molecule has 0 aromatic carbocycles. The highest BCUT2D eigenvalue weighted by molar-refractivity contribution is 7.15. The number of ether oxygens (including phenoxy) is 2. The van der Waals surface area contributed by atoms with E-state index in [1.54, 1.807) is 11.3 Å². The van der Waals surface area contributed by atoms with E-state index in [9.17, 15) is 0 Å². The number of nitrogens with zero attached hydrogens (tertiary/aromatic N) is 2. The monoisotopic (exact) mass is 257 g/mol. The molecule has 0 bridgehead atoms. The molecule has 5 nitrogen and oxygen atoms in total. The van der Waals surface area contributed by atoms with Crippen molar-refractivity contribution in [1.29, 1.82) is 0 Å². The smallest absolute Gasteiger partial charge is 0.205 e. The van der Waals surface area contributed by atoms with Gasteiger partial charge in [-0.1, -0.05) is 18.3 Å². The van der Waals surface area contributed by atoms with Gasteiger partial charge in [0, 0.05) is 19.1 Å². The molecule has 1 aliphatic rings. The van der Waals surface area contributed by atoms with E-state index in [2.05, 4.69) is 22.4 Å². The second-order valence-electron chi connectivity index (χ2n) is 4.17. The highest BCUT2D eigenvalue weighted by Gasteiger charge is 2.15. The van der Waals surface area contributed by atoms with Gasteiger partial charge < -0.3 is 14.8 Å². The Kier molecular flexibility index (Phi) is 5.15. The Labute approximate surface area is 106 Å². The van der Waals surface area contributed by atoms with Crippen LogP contribution in [0.2, 0.25) is 0 Å². The van der Waals surface area contributed by atoms with Crippen LogP contribution in [0.1, 0.15) is 24.8 Å². The Morgan fingerprint density at radius 1 is 1.53 bits per heavy atom. The third-order valence-electron chi connectivity index (χ3n) is 2.60. The first kappa shape index (κ1) is 12.7. The maximum absolute atomic E-state index is 5.62. The minimum atomic E-state index is 0.556. The average molecular weight is 257 g/mol. The van der Waals surface area contributed by atoms with E-state index >= 15 is 0 Å². The number of nitrogens with one attached hydrogen (secondary N) is 1. The minimum absolute atomic E-state index is 0.556. The molecule has 1 aromatic heterocycles. The highest BCUT2D eigenvalue weighted by Crippen LogP contribution is 2.17. The average Bonchev–Trinajstić information content (AvgIpc) is 2.98. The summed E-state index contributed by atoms with van der Waals surface area (Å²) in [7, 11) is 0. The Hall–Kier alpha value is -0.720. The molecule has 0 saturated carbocycles. The highest BCUT2D eigenvalue weighted by atomic mass is 32.1. The molecule has 1 aromatic rings. The molecule has 2 heterocycles. The van der Waals surface area contributed by atoms with Crippen molar-refractivity contribution < 1.29 is 9.47 Å². The second-order valence-corrected chi connectivity index (χ2v) is 5.23. The summed E-state index contributed by atoms with van der Waals surface area (Å²) >= 11 is 1.57. The summed E-state index contributed by atoms with van der Waals surface area (Å²) in [4.78, 5) is 0. The van der Waals surface area contributed by atoms with Crippen molar-refractivity contribution in [3.8, 4) is 0 Å². The third-order valence-corrected chi connectivity index (χ3v) is 3.45. The van der Waals surface area contributed by atoms with Crippen LogP contribution in [0.15, 0.2) is 0 Å². The molecule has 0 spiro atoms. The van der Waals surface area contributed by atoms with Crippen LogP contribution in [0.5, 0.6) is 0 Å². The molecule has 1 unspecified atom stereocenters. The number of hydrogen-bond donors (Lipinski definition) is 1. The van der Waals surface area contributed by atoms with Gasteiger partial charge in [-0.3, -0.25) is 0 Å². The van der Waals surface area contributed by atoms with Crippen LogP contribution in [0.3, 0.4) is 0 Å². The topological polar surface area (TPSA) is 56.3 Å². The largest absolute Gasteiger partial charge is 0.381 e. The van der Waals surface area contributed by atoms with E-state index in [4.69, 9.17) is 9.47 Å². The lowest BCUT2D eigenvalue weighted by molar-refractivity contribution is 0.0787. The molecule has 17 heavy (non-hydrogen) atoms. The first-order chi connectivity index (χ1) is 8.38. The lowest BCUT2D eigenvalue weighted by atomic mass is 10.1. The molecule has 96 valence electrons. The van der Waals surface area contributed by atoms with Crippen LogP contribution < -0.4 is 5.32 Å². The predicted octanol–water partition coefficient (Wildman–Crippen LogP) is 1.91. The number of rotatable bonds is 7. The fourth-order valence-electron chi connectivity index (χ4n) is 1.64. The Bertz CT molecular complexity index is 326. The summed E-state index contributed by atoms with van der Waals surface area (Å²) < 4.78 is 10.9. The predicted molar refractivity (Wildman–Crippen MR) is 67.3 cm³/mol. The van der Waals surface area contributed by atoms with Crippen molar-refractivity contribution in [2.45, 2.75) is 26.4 Å². The zero-order valence-electron chi connectivity index (χ0n) is 10.1. The first-order valence-electron chi connectivity index (χ1n) is 6.10. The summed E-state index contributed by atoms with van der Waals surface area (Å²) in [5.41, 5.74) is 0. The van der Waals surface area contributed by atoms with Gasteiger partial charge in [0.1, 0.15) is 11.6 Å². The van der Waals surface area contributed by atoms with E-state index in [0.29, 0.717) is 12.5 Å². The molecule has 1 fully saturated rings. The van der Waals surface area contributed by atoms with Crippen molar-refractivity contribution in [3.63, 3.8) is 0 Å². The summed E-state index contributed by atoms with van der Waals surface area (Å²) in [5.74, 6) is 0.556. The lowest BCUT2D eigenvalue weighted by Crippen LogP contribution is -2.08. The maximum Gasteiger partial charge on any atom is 0.205 e. The normalized spacial score (nSPS) is 19.7. The Morgan fingerprint density at radius 3 is 3.24 bits per heavy atom. The van der Waals surface area contributed by atoms with Crippen molar-refractivity contribution in [2.24, 2.45) is 5.92 Å². The SMILES string of the molecule is CCCNc1nnc(COCC2CCOC2)s1. The maximum atomic E-state index is 5.62. The van der Waals surface area contributed by atoms with Gasteiger partial charge in [-0.05, 0) is 12.8 Å². The van der Waals surface area contributed by atoms with E-state index < -0.39 is 0 Å². The van der Waals surface area contributed by atoms with Crippen LogP contribution >= 0.6 is 11.3 Å². The van der Waals surface area contributed by atoms with Crippen LogP contribution in [0.25, 0.3) is 0 Å². The zero-order chi connectivity index (χ0) is 11.9. The van der Waals surface area contributed by atoms with Gasteiger partial charge in [0.25, 0.3) is 0 Å². The first-order valence-corrected chi connectivity index (χ1v) is 6.92. The zero-order valence-corrected chi connectivity index (χ0v) is 11.0. The minimum Gasteiger partial charge on any atom is -0.381 e. The van der Waals surface area contributed by atoms with Gasteiger partial charge in [-0.2, -0.15) is 0 Å². The van der Waals surface area contributed by atoms with Gasteiger partial charge in [0.05, 0.1) is 13.2 Å². The van der Waals surface area contributed by atoms with Gasteiger partial charge >= 0.3 is 0 Å². The quantitative estimate of drug-likeness (QED) is 0.808. The molecular formula is C11H19N3O2S. The fraction of sp³-hybridized carbons (Fsp3) is 0.818. The van der Waals surface area contributed by atoms with Crippen molar-refractivity contribution in [2.75, 3.05) is 31.7 Å². The molecule has 0 aliphatic carbocycles. The van der Waals surface area contributed by atoms with Crippen molar-refractivity contribution >= 4 is 16.5 Å². The van der Waals surface area contributed by atoms with Gasteiger partial charge in [0.15, 0.2) is 0 Å². The number of aromatic nitrogens is 2. The van der Waals surface area contributed by atoms with Crippen molar-refractivity contribution in [1.82, 2.24) is 10.2 Å². The van der Waals surface area contributed by atoms with Gasteiger partial charge in [0.2, 0.25) is 5.13 Å². The Morgan fingerprint density at radius 2 is 2.47 bits per heavy atom. The standard InChI is InChI=1S/C11H19N3O2S/c1-2-4-12-11-14-13-10(17-11)8-16-7-9-3-5-15-6-9/h9H,2-8H2,1H3,(H,12,14). The molecule has 1 N–H and O–H groups in total. The van der Waals surface area contributed by atoms with Gasteiger partial charge in [-0.25, -0.2) is 0 Å². The van der Waals surface area contributed by atoms with Crippen LogP contribution in [-0.4, -0.2) is 36.6 Å². The second kappa shape index (κ2) is 6.88. The molecular weight excluding hydrogens is 238 g/mol. The summed E-state index contributed by atoms with van der Waals surface area (Å²) in [6.45, 7) is 6.09. The number of hydrogen-bond acceptors (Lipinski definition) is 6. The Balaban J connectivity index is 1.65. The molecule has 1 atom stereocenters. The molecule has 2 rings (SSSR count). The van der Waals surface area contributed by atoms with E-state index in [-0.39, 0.29) is 0 Å². The molecule has 1 aliphatic heterocycles. The summed E-state index contributed by atoms with van der Waals surface area (Å²) in [6, 6.07) is 0. The van der Waals surface area contributed by atoms with Gasteiger partial charge in [-0.15, -0.1) is 10.2 Å². The van der Waals surface area contributed by atoms with Crippen LogP contribution in [0.4, 0.5) is 5.13 Å². The van der Waals surface area contributed by atoms with E-state index in [1.165, 1.54) is 0 Å². The third kappa shape index (κ3) is 4.22. The fourth-order valence-corrected chi connectivity index (χ4v) is 2.35.